The number of carbonyl (C=O) groups is 1. The summed E-state index contributed by atoms with van der Waals surface area (Å²) in [6.45, 7) is 0.386. The number of aromatic amines is 1. The lowest BCUT2D eigenvalue weighted by Crippen LogP contribution is -2.06. The topological polar surface area (TPSA) is 42.1 Å². The van der Waals surface area contributed by atoms with E-state index in [1.54, 1.807) is 18.2 Å². The first-order valence-corrected chi connectivity index (χ1v) is 7.75. The number of hydrogen-bond acceptors (Lipinski definition) is 2. The monoisotopic (exact) mass is 345 g/mol. The Morgan fingerprint density at radius 1 is 1.00 bits per heavy atom. The first-order chi connectivity index (χ1) is 11.1. The minimum Gasteiger partial charge on any atom is -0.488 e. The minimum absolute atomic E-state index is 0.220. The number of para-hydroxylation sites is 1. The van der Waals surface area contributed by atoms with Gasteiger partial charge in [-0.25, -0.2) is 0 Å². The molecule has 1 N–H and O–H groups in total. The van der Waals surface area contributed by atoms with Gasteiger partial charge in [0.2, 0.25) is 5.78 Å². The third kappa shape index (κ3) is 3.58. The summed E-state index contributed by atoms with van der Waals surface area (Å²) in [4.78, 5) is 15.4. The Balaban J connectivity index is 1.84. The molecule has 1 heterocycles. The van der Waals surface area contributed by atoms with Crippen LogP contribution in [0.3, 0.4) is 0 Å². The summed E-state index contributed by atoms with van der Waals surface area (Å²) in [6.07, 6.45) is 0. The molecule has 0 spiro atoms. The Morgan fingerprint density at radius 3 is 2.39 bits per heavy atom. The fourth-order valence-corrected chi connectivity index (χ4v) is 2.50. The van der Waals surface area contributed by atoms with Gasteiger partial charge in [-0.2, -0.15) is 0 Å². The Morgan fingerprint density at radius 2 is 1.70 bits per heavy atom. The van der Waals surface area contributed by atoms with E-state index < -0.39 is 0 Å². The van der Waals surface area contributed by atoms with Gasteiger partial charge in [0.15, 0.2) is 0 Å². The van der Waals surface area contributed by atoms with Crippen LogP contribution in [0, 0.1) is 0 Å². The molecule has 0 fully saturated rings. The van der Waals surface area contributed by atoms with Gasteiger partial charge in [-0.1, -0.05) is 65.7 Å². The van der Waals surface area contributed by atoms with E-state index in [1.165, 1.54) is 6.07 Å². The van der Waals surface area contributed by atoms with Crippen LogP contribution in [0.15, 0.2) is 60.7 Å². The number of benzene rings is 2. The molecule has 5 heteroatoms. The van der Waals surface area contributed by atoms with Crippen molar-refractivity contribution < 1.29 is 9.53 Å². The molecule has 3 rings (SSSR count). The Kier molecular flexibility index (Phi) is 4.70. The van der Waals surface area contributed by atoms with Crippen LogP contribution in [0.4, 0.5) is 0 Å². The molecule has 0 aliphatic rings. The van der Waals surface area contributed by atoms with E-state index in [2.05, 4.69) is 4.98 Å². The van der Waals surface area contributed by atoms with Crippen molar-refractivity contribution in [3.63, 3.8) is 0 Å². The number of hydrogen-bond donors (Lipinski definition) is 1. The number of aromatic nitrogens is 1. The fraction of sp³-hybridized carbons (Fsp3) is 0.0556. The largest absolute Gasteiger partial charge is 0.488 e. The maximum absolute atomic E-state index is 12.6. The van der Waals surface area contributed by atoms with Crippen LogP contribution in [0.1, 0.15) is 21.6 Å². The number of halogens is 2. The molecule has 23 heavy (non-hydrogen) atoms. The molecule has 3 nitrogen and oxygen atoms in total. The van der Waals surface area contributed by atoms with Gasteiger partial charge in [-0.3, -0.25) is 4.79 Å². The van der Waals surface area contributed by atoms with E-state index >= 15 is 0 Å². The van der Waals surface area contributed by atoms with E-state index in [-0.39, 0.29) is 10.9 Å². The zero-order chi connectivity index (χ0) is 16.2. The molecule has 0 aliphatic heterocycles. The van der Waals surface area contributed by atoms with Gasteiger partial charge in [0.25, 0.3) is 0 Å². The van der Waals surface area contributed by atoms with Gasteiger partial charge in [-0.15, -0.1) is 0 Å². The van der Waals surface area contributed by atoms with Crippen LogP contribution in [-0.2, 0) is 6.61 Å². The summed E-state index contributed by atoms with van der Waals surface area (Å²) in [7, 11) is 0. The highest BCUT2D eigenvalue weighted by Gasteiger charge is 2.17. The Bertz CT molecular complexity index is 809. The van der Waals surface area contributed by atoms with E-state index in [0.717, 1.165) is 5.56 Å². The maximum Gasteiger partial charge on any atom is 0.212 e. The van der Waals surface area contributed by atoms with Crippen molar-refractivity contribution in [3.8, 4) is 5.75 Å². The zero-order valence-electron chi connectivity index (χ0n) is 12.1. The van der Waals surface area contributed by atoms with Crippen LogP contribution in [-0.4, -0.2) is 10.8 Å². The van der Waals surface area contributed by atoms with Gasteiger partial charge in [0, 0.05) is 0 Å². The smallest absolute Gasteiger partial charge is 0.212 e. The summed E-state index contributed by atoms with van der Waals surface area (Å²) in [6, 6.07) is 18.4. The van der Waals surface area contributed by atoms with Gasteiger partial charge >= 0.3 is 0 Å². The minimum atomic E-state index is -0.220. The number of rotatable bonds is 5. The second-order valence-corrected chi connectivity index (χ2v) is 5.73. The van der Waals surface area contributed by atoms with Crippen LogP contribution in [0.2, 0.25) is 10.2 Å². The summed E-state index contributed by atoms with van der Waals surface area (Å²) >= 11 is 11.8. The van der Waals surface area contributed by atoms with Gasteiger partial charge in [0.05, 0.1) is 16.3 Å². The highest BCUT2D eigenvalue weighted by molar-refractivity contribution is 6.41. The fourth-order valence-electron chi connectivity index (χ4n) is 2.19. The lowest BCUT2D eigenvalue weighted by Gasteiger charge is -2.10. The predicted octanol–water partition coefficient (Wildman–Crippen LogP) is 5.13. The second kappa shape index (κ2) is 6.90. The number of H-pyrrole nitrogens is 1. The number of ether oxygens (including phenoxy) is 1. The van der Waals surface area contributed by atoms with Crippen molar-refractivity contribution in [2.24, 2.45) is 0 Å². The quantitative estimate of drug-likeness (QED) is 0.651. The van der Waals surface area contributed by atoms with Crippen LogP contribution in [0.25, 0.3) is 0 Å². The summed E-state index contributed by atoms with van der Waals surface area (Å²) < 4.78 is 5.80. The number of nitrogens with one attached hydrogen (secondary N) is 1. The molecular formula is C18H13Cl2NO2. The molecule has 0 bridgehead atoms. The van der Waals surface area contributed by atoms with Crippen molar-refractivity contribution in [1.82, 2.24) is 4.98 Å². The standard InChI is InChI=1S/C18H13Cl2NO2/c19-14-10-15(21-18(14)20)17(22)13-8-4-5-9-16(13)23-11-12-6-2-1-3-7-12/h1-10,21H,11H2. The van der Waals surface area contributed by atoms with Crippen molar-refractivity contribution in [1.29, 1.82) is 0 Å². The summed E-state index contributed by atoms with van der Waals surface area (Å²) in [5, 5.41) is 0.565. The summed E-state index contributed by atoms with van der Waals surface area (Å²) in [5.74, 6) is 0.297. The zero-order valence-corrected chi connectivity index (χ0v) is 13.6. The first kappa shape index (κ1) is 15.7. The van der Waals surface area contributed by atoms with E-state index in [1.807, 2.05) is 36.4 Å². The molecule has 0 aliphatic carbocycles. The predicted molar refractivity (Wildman–Crippen MR) is 91.5 cm³/mol. The van der Waals surface area contributed by atoms with Crippen molar-refractivity contribution in [2.75, 3.05) is 0 Å². The normalized spacial score (nSPS) is 10.5. The second-order valence-electron chi connectivity index (χ2n) is 4.94. The molecule has 0 saturated heterocycles. The molecule has 0 atom stereocenters. The highest BCUT2D eigenvalue weighted by Crippen LogP contribution is 2.27. The third-order valence-corrected chi connectivity index (χ3v) is 4.03. The van der Waals surface area contributed by atoms with Crippen molar-refractivity contribution in [2.45, 2.75) is 6.61 Å². The van der Waals surface area contributed by atoms with Crippen LogP contribution < -0.4 is 4.74 Å². The van der Waals surface area contributed by atoms with Crippen LogP contribution >= 0.6 is 23.2 Å². The Hall–Kier alpha value is -2.23. The maximum atomic E-state index is 12.6. The lowest BCUT2D eigenvalue weighted by atomic mass is 10.1. The summed E-state index contributed by atoms with van der Waals surface area (Å²) in [5.41, 5.74) is 1.81. The average Bonchev–Trinajstić information content (AvgIpc) is 2.93. The van der Waals surface area contributed by atoms with E-state index in [9.17, 15) is 4.79 Å². The molecule has 116 valence electrons. The van der Waals surface area contributed by atoms with Crippen LogP contribution in [0.5, 0.6) is 5.75 Å². The molecule has 0 amide bonds. The lowest BCUT2D eigenvalue weighted by molar-refractivity contribution is 0.103. The van der Waals surface area contributed by atoms with Crippen molar-refractivity contribution >= 4 is 29.0 Å². The first-order valence-electron chi connectivity index (χ1n) is 6.99. The number of carbonyl (C=O) groups excluding carboxylic acids is 1. The van der Waals surface area contributed by atoms with Gasteiger partial charge < -0.3 is 9.72 Å². The molecule has 1 aromatic heterocycles. The third-order valence-electron chi connectivity index (χ3n) is 3.34. The van der Waals surface area contributed by atoms with Crippen molar-refractivity contribution in [3.05, 3.63) is 87.7 Å². The molecule has 3 aromatic rings. The Labute approximate surface area is 143 Å². The molecule has 0 saturated carbocycles. The molecule has 0 radical (unpaired) electrons. The van der Waals surface area contributed by atoms with Gasteiger partial charge in [0.1, 0.15) is 17.5 Å². The van der Waals surface area contributed by atoms with E-state index in [0.29, 0.717) is 28.6 Å². The molecule has 0 unspecified atom stereocenters. The SMILES string of the molecule is O=C(c1cc(Cl)c(Cl)[nH]1)c1ccccc1OCc1ccccc1. The average molecular weight is 346 g/mol. The number of ketones is 1. The van der Waals surface area contributed by atoms with Gasteiger partial charge in [-0.05, 0) is 23.8 Å². The highest BCUT2D eigenvalue weighted by atomic mass is 35.5. The molecular weight excluding hydrogens is 333 g/mol. The van der Waals surface area contributed by atoms with E-state index in [4.69, 9.17) is 27.9 Å². The molecule has 2 aromatic carbocycles.